The van der Waals surface area contributed by atoms with Crippen molar-refractivity contribution in [1.82, 2.24) is 4.90 Å². The summed E-state index contributed by atoms with van der Waals surface area (Å²) in [4.78, 5) is 2.52. The monoisotopic (exact) mass is 292 g/mol. The maximum atomic E-state index is 6.50. The average Bonchev–Trinajstić information content (AvgIpc) is 3.06. The maximum absolute atomic E-state index is 6.50. The Labute approximate surface area is 127 Å². The van der Waals surface area contributed by atoms with Crippen LogP contribution in [-0.2, 0) is 11.3 Å². The first-order chi connectivity index (χ1) is 9.79. The molecule has 0 amide bonds. The highest BCUT2D eigenvalue weighted by molar-refractivity contribution is 5.06. The molecule has 2 heterocycles. The highest BCUT2D eigenvalue weighted by Crippen LogP contribution is 2.43. The third-order valence-corrected chi connectivity index (χ3v) is 5.09. The second-order valence-electron chi connectivity index (χ2n) is 7.68. The largest absolute Gasteiger partial charge is 0.468 e. The quantitative estimate of drug-likeness (QED) is 0.906. The van der Waals surface area contributed by atoms with E-state index in [1.807, 2.05) is 6.07 Å². The normalized spacial score (nSPS) is 31.0. The molecular formula is C17H28N2O2. The van der Waals surface area contributed by atoms with Gasteiger partial charge in [-0.3, -0.25) is 4.90 Å². The molecule has 1 aromatic heterocycles. The zero-order valence-electron chi connectivity index (χ0n) is 13.6. The molecule has 1 aromatic rings. The number of hydrogen-bond acceptors (Lipinski definition) is 4. The molecule has 1 aliphatic heterocycles. The zero-order valence-corrected chi connectivity index (χ0v) is 13.6. The summed E-state index contributed by atoms with van der Waals surface area (Å²) < 4.78 is 11.7. The minimum Gasteiger partial charge on any atom is -0.468 e. The molecule has 0 spiro atoms. The Morgan fingerprint density at radius 2 is 1.95 bits per heavy atom. The molecular weight excluding hydrogens is 264 g/mol. The molecule has 0 bridgehead atoms. The summed E-state index contributed by atoms with van der Waals surface area (Å²) in [6.45, 7) is 10.4. The van der Waals surface area contributed by atoms with E-state index in [1.54, 1.807) is 6.26 Å². The van der Waals surface area contributed by atoms with Crippen molar-refractivity contribution in [2.45, 2.75) is 70.4 Å². The summed E-state index contributed by atoms with van der Waals surface area (Å²) in [6, 6.07) is 4.75. The van der Waals surface area contributed by atoms with Crippen molar-refractivity contribution < 1.29 is 9.15 Å². The second kappa shape index (κ2) is 5.11. The predicted octanol–water partition coefficient (Wildman–Crippen LogP) is 2.77. The number of nitrogens with zero attached hydrogens (tertiary/aromatic N) is 1. The second-order valence-corrected chi connectivity index (χ2v) is 7.68. The number of ether oxygens (including phenoxy) is 1. The summed E-state index contributed by atoms with van der Waals surface area (Å²) in [5, 5.41) is 0. The fraction of sp³-hybridized carbons (Fsp3) is 0.765. The van der Waals surface area contributed by atoms with Gasteiger partial charge < -0.3 is 14.9 Å². The van der Waals surface area contributed by atoms with Crippen molar-refractivity contribution in [1.29, 1.82) is 0 Å². The van der Waals surface area contributed by atoms with E-state index in [-0.39, 0.29) is 17.2 Å². The average molecular weight is 292 g/mol. The summed E-state index contributed by atoms with van der Waals surface area (Å²) in [5.41, 5.74) is 6.06. The van der Waals surface area contributed by atoms with Crippen LogP contribution in [0.2, 0.25) is 0 Å². The van der Waals surface area contributed by atoms with Gasteiger partial charge in [-0.05, 0) is 52.7 Å². The van der Waals surface area contributed by atoms with E-state index in [2.05, 4.69) is 38.7 Å². The van der Waals surface area contributed by atoms with E-state index in [4.69, 9.17) is 14.9 Å². The van der Waals surface area contributed by atoms with Crippen LogP contribution in [-0.4, -0.2) is 34.7 Å². The molecule has 4 heteroatoms. The van der Waals surface area contributed by atoms with Crippen LogP contribution < -0.4 is 5.73 Å². The van der Waals surface area contributed by atoms with Gasteiger partial charge in [-0.15, -0.1) is 0 Å². The van der Waals surface area contributed by atoms with Gasteiger partial charge in [-0.1, -0.05) is 0 Å². The first-order valence-corrected chi connectivity index (χ1v) is 8.02. The highest BCUT2D eigenvalue weighted by atomic mass is 16.5. The molecule has 2 atom stereocenters. The van der Waals surface area contributed by atoms with Gasteiger partial charge in [-0.2, -0.15) is 0 Å². The summed E-state index contributed by atoms with van der Waals surface area (Å²) in [6.07, 6.45) is 4.32. The molecule has 2 unspecified atom stereocenters. The van der Waals surface area contributed by atoms with Crippen molar-refractivity contribution in [3.8, 4) is 0 Å². The van der Waals surface area contributed by atoms with Gasteiger partial charge in [0.25, 0.3) is 0 Å². The minimum absolute atomic E-state index is 0.0605. The van der Waals surface area contributed by atoms with Crippen LogP contribution in [0.1, 0.15) is 46.3 Å². The van der Waals surface area contributed by atoms with Crippen LogP contribution in [0.25, 0.3) is 0 Å². The molecule has 118 valence electrons. The van der Waals surface area contributed by atoms with Crippen LogP contribution in [0, 0.1) is 5.92 Å². The lowest BCUT2D eigenvalue weighted by Crippen LogP contribution is -2.48. The lowest BCUT2D eigenvalue weighted by Gasteiger charge is -2.33. The fourth-order valence-electron chi connectivity index (χ4n) is 3.71. The fourth-order valence-corrected chi connectivity index (χ4v) is 3.71. The lowest BCUT2D eigenvalue weighted by atomic mass is 9.82. The van der Waals surface area contributed by atoms with Gasteiger partial charge in [0.2, 0.25) is 0 Å². The third kappa shape index (κ3) is 3.03. The van der Waals surface area contributed by atoms with Crippen molar-refractivity contribution in [2.24, 2.45) is 11.7 Å². The van der Waals surface area contributed by atoms with E-state index in [0.29, 0.717) is 12.0 Å². The Bertz CT molecular complexity index is 477. The van der Waals surface area contributed by atoms with Gasteiger partial charge in [0.15, 0.2) is 0 Å². The van der Waals surface area contributed by atoms with Gasteiger partial charge >= 0.3 is 0 Å². The molecule has 1 saturated heterocycles. The Morgan fingerprint density at radius 1 is 1.24 bits per heavy atom. The molecule has 1 saturated carbocycles. The molecule has 0 aromatic carbocycles. The molecule has 3 rings (SSSR count). The SMILES string of the molecule is CC1(C)OC(C)(C)C(CN(Cc2ccco2)C2CC2)C1N. The zero-order chi connectivity index (χ0) is 15.3. The number of hydrogen-bond donors (Lipinski definition) is 1. The smallest absolute Gasteiger partial charge is 0.117 e. The van der Waals surface area contributed by atoms with Crippen LogP contribution in [0.15, 0.2) is 22.8 Å². The number of furan rings is 1. The van der Waals surface area contributed by atoms with Crippen molar-refractivity contribution in [3.63, 3.8) is 0 Å². The molecule has 0 radical (unpaired) electrons. The minimum atomic E-state index is -0.256. The van der Waals surface area contributed by atoms with Crippen LogP contribution in [0.3, 0.4) is 0 Å². The maximum Gasteiger partial charge on any atom is 0.117 e. The Hall–Kier alpha value is -0.840. The highest BCUT2D eigenvalue weighted by Gasteiger charge is 2.53. The summed E-state index contributed by atoms with van der Waals surface area (Å²) >= 11 is 0. The molecule has 2 fully saturated rings. The van der Waals surface area contributed by atoms with Crippen LogP contribution in [0.5, 0.6) is 0 Å². The number of nitrogens with two attached hydrogens (primary N) is 1. The van der Waals surface area contributed by atoms with Crippen LogP contribution in [0.4, 0.5) is 0 Å². The molecule has 1 aliphatic carbocycles. The predicted molar refractivity (Wildman–Crippen MR) is 82.8 cm³/mol. The topological polar surface area (TPSA) is 51.6 Å². The van der Waals surface area contributed by atoms with E-state index < -0.39 is 0 Å². The third-order valence-electron chi connectivity index (χ3n) is 5.09. The van der Waals surface area contributed by atoms with E-state index >= 15 is 0 Å². The molecule has 2 aliphatic rings. The van der Waals surface area contributed by atoms with Gasteiger partial charge in [0.05, 0.1) is 24.0 Å². The number of rotatable bonds is 5. The Balaban J connectivity index is 1.73. The molecule has 2 N–H and O–H groups in total. The van der Waals surface area contributed by atoms with Crippen molar-refractivity contribution >= 4 is 0 Å². The Morgan fingerprint density at radius 3 is 2.43 bits per heavy atom. The van der Waals surface area contributed by atoms with E-state index in [9.17, 15) is 0 Å². The van der Waals surface area contributed by atoms with E-state index in [1.165, 1.54) is 12.8 Å². The van der Waals surface area contributed by atoms with Crippen molar-refractivity contribution in [3.05, 3.63) is 24.2 Å². The standard InChI is InChI=1S/C17H28N2O2/c1-16(2)14(15(18)17(3,4)21-16)11-19(12-7-8-12)10-13-6-5-9-20-13/h5-6,9,12,14-15H,7-8,10-11,18H2,1-4H3. The van der Waals surface area contributed by atoms with E-state index in [0.717, 1.165) is 18.8 Å². The molecule has 21 heavy (non-hydrogen) atoms. The first kappa shape index (κ1) is 15.1. The van der Waals surface area contributed by atoms with Crippen LogP contribution >= 0.6 is 0 Å². The summed E-state index contributed by atoms with van der Waals surface area (Å²) in [5.74, 6) is 1.37. The first-order valence-electron chi connectivity index (χ1n) is 8.02. The van der Waals surface area contributed by atoms with Crippen molar-refractivity contribution in [2.75, 3.05) is 6.54 Å². The lowest BCUT2D eigenvalue weighted by molar-refractivity contribution is -0.0789. The van der Waals surface area contributed by atoms with Gasteiger partial charge in [-0.25, -0.2) is 0 Å². The summed E-state index contributed by atoms with van der Waals surface area (Å²) in [7, 11) is 0. The van der Waals surface area contributed by atoms with Gasteiger partial charge in [0.1, 0.15) is 5.76 Å². The Kier molecular flexibility index (Phi) is 3.67. The van der Waals surface area contributed by atoms with Gasteiger partial charge in [0, 0.05) is 24.5 Å². The molecule has 4 nitrogen and oxygen atoms in total.